The van der Waals surface area contributed by atoms with Crippen molar-refractivity contribution in [1.82, 2.24) is 0 Å². The van der Waals surface area contributed by atoms with Gasteiger partial charge in [-0.1, -0.05) is 6.07 Å². The van der Waals surface area contributed by atoms with Gasteiger partial charge in [-0.3, -0.25) is 15.1 Å². The van der Waals surface area contributed by atoms with Crippen LogP contribution in [0.15, 0.2) is 22.7 Å². The molecule has 0 bridgehead atoms. The molecule has 0 aliphatic rings. The number of amides is 1. The van der Waals surface area contributed by atoms with Crippen LogP contribution in [0.2, 0.25) is 0 Å². The van der Waals surface area contributed by atoms with Crippen molar-refractivity contribution in [2.24, 2.45) is 5.73 Å². The molecule has 0 atom stereocenters. The number of anilines is 1. The van der Waals surface area contributed by atoms with E-state index in [-0.39, 0.29) is 5.56 Å². The first-order valence-corrected chi connectivity index (χ1v) is 4.99. The molecule has 86 valence electrons. The lowest BCUT2D eigenvalue weighted by Gasteiger charge is -2.10. The van der Waals surface area contributed by atoms with E-state index in [2.05, 4.69) is 26.2 Å². The third-order valence-electron chi connectivity index (χ3n) is 1.64. The Morgan fingerprint density at radius 3 is 2.75 bits per heavy atom. The van der Waals surface area contributed by atoms with E-state index in [1.54, 1.807) is 18.2 Å². The van der Waals surface area contributed by atoms with Gasteiger partial charge in [0.1, 0.15) is 0 Å². The van der Waals surface area contributed by atoms with E-state index in [9.17, 15) is 9.59 Å². The number of aliphatic carboxylic acids is 1. The molecule has 0 saturated carbocycles. The minimum Gasteiger partial charge on any atom is -0.479 e. The van der Waals surface area contributed by atoms with Gasteiger partial charge >= 0.3 is 5.97 Å². The molecule has 0 fully saturated rings. The molecule has 0 aliphatic heterocycles. The van der Waals surface area contributed by atoms with Crippen LogP contribution in [0.1, 0.15) is 10.4 Å². The number of rotatable bonds is 5. The molecular weight excluding hydrogens is 280 g/mol. The van der Waals surface area contributed by atoms with Crippen LogP contribution in [0.5, 0.6) is 0 Å². The topological polar surface area (TPSA) is 102 Å². The third kappa shape index (κ3) is 3.21. The van der Waals surface area contributed by atoms with Crippen molar-refractivity contribution < 1.29 is 19.5 Å². The number of hydrogen-bond acceptors (Lipinski definition) is 4. The minimum atomic E-state index is -1.12. The molecule has 0 spiro atoms. The summed E-state index contributed by atoms with van der Waals surface area (Å²) in [7, 11) is 0. The van der Waals surface area contributed by atoms with Crippen LogP contribution < -0.4 is 11.2 Å². The van der Waals surface area contributed by atoms with Crippen molar-refractivity contribution in [3.63, 3.8) is 0 Å². The maximum Gasteiger partial charge on any atom is 0.332 e. The largest absolute Gasteiger partial charge is 0.479 e. The van der Waals surface area contributed by atoms with Gasteiger partial charge < -0.3 is 10.8 Å². The predicted molar refractivity (Wildman–Crippen MR) is 59.9 cm³/mol. The predicted octanol–water partition coefficient (Wildman–Crippen LogP) is 0.976. The average Bonchev–Trinajstić information content (AvgIpc) is 2.16. The molecule has 0 aliphatic carbocycles. The number of carbonyl (C=O) groups excluding carboxylic acids is 1. The van der Waals surface area contributed by atoms with Gasteiger partial charge in [-0.15, -0.1) is 0 Å². The fourth-order valence-corrected chi connectivity index (χ4v) is 1.60. The number of carboxylic acids is 1. The zero-order valence-electron chi connectivity index (χ0n) is 8.07. The molecular formula is C9H9BrN2O4. The van der Waals surface area contributed by atoms with Gasteiger partial charge in [0.15, 0.2) is 6.61 Å². The standard InChI is InChI=1S/C9H9BrN2O4/c10-5-2-1-3-6(8(5)9(11)15)12-16-4-7(13)14/h1-3,12H,4H2,(H2,11,15)(H,13,14). The lowest BCUT2D eigenvalue weighted by Crippen LogP contribution is -2.17. The van der Waals surface area contributed by atoms with Gasteiger partial charge in [0.25, 0.3) is 5.91 Å². The molecule has 4 N–H and O–H groups in total. The molecule has 1 amide bonds. The summed E-state index contributed by atoms with van der Waals surface area (Å²) >= 11 is 3.16. The molecule has 0 aromatic heterocycles. The summed E-state index contributed by atoms with van der Waals surface area (Å²) in [5.74, 6) is -1.77. The van der Waals surface area contributed by atoms with Crippen LogP contribution >= 0.6 is 15.9 Å². The maximum absolute atomic E-state index is 11.1. The average molecular weight is 289 g/mol. The van der Waals surface area contributed by atoms with Crippen molar-refractivity contribution in [1.29, 1.82) is 0 Å². The number of carboxylic acid groups (broad SMARTS) is 1. The molecule has 6 nitrogen and oxygen atoms in total. The second-order valence-corrected chi connectivity index (χ2v) is 3.67. The summed E-state index contributed by atoms with van der Waals surface area (Å²) in [5, 5.41) is 8.36. The van der Waals surface area contributed by atoms with Crippen molar-refractivity contribution >= 4 is 33.5 Å². The Morgan fingerprint density at radius 1 is 1.50 bits per heavy atom. The first-order valence-electron chi connectivity index (χ1n) is 4.20. The SMILES string of the molecule is NC(=O)c1c(Br)cccc1NOCC(=O)O. The van der Waals surface area contributed by atoms with E-state index in [1.807, 2.05) is 0 Å². The highest BCUT2D eigenvalue weighted by Crippen LogP contribution is 2.24. The van der Waals surface area contributed by atoms with Crippen molar-refractivity contribution in [3.05, 3.63) is 28.2 Å². The number of primary amides is 1. The monoisotopic (exact) mass is 288 g/mol. The molecule has 1 rings (SSSR count). The van der Waals surface area contributed by atoms with Gasteiger partial charge in [0.05, 0.1) is 11.3 Å². The maximum atomic E-state index is 11.1. The van der Waals surface area contributed by atoms with Gasteiger partial charge in [0.2, 0.25) is 0 Å². The summed E-state index contributed by atoms with van der Waals surface area (Å²) in [4.78, 5) is 26.0. The second-order valence-electron chi connectivity index (χ2n) is 2.81. The Kier molecular flexibility index (Phi) is 4.27. The smallest absolute Gasteiger partial charge is 0.332 e. The number of carbonyl (C=O) groups is 2. The van der Waals surface area contributed by atoms with E-state index in [0.29, 0.717) is 10.2 Å². The fraction of sp³-hybridized carbons (Fsp3) is 0.111. The summed E-state index contributed by atoms with van der Waals surface area (Å²) < 4.78 is 0.504. The zero-order chi connectivity index (χ0) is 12.1. The summed E-state index contributed by atoms with van der Waals surface area (Å²) in [5.41, 5.74) is 8.03. The van der Waals surface area contributed by atoms with Gasteiger partial charge in [-0.05, 0) is 28.1 Å². The number of nitrogens with two attached hydrogens (primary N) is 1. The van der Waals surface area contributed by atoms with Gasteiger partial charge in [0, 0.05) is 4.47 Å². The van der Waals surface area contributed by atoms with Crippen LogP contribution in [0.25, 0.3) is 0 Å². The highest BCUT2D eigenvalue weighted by molar-refractivity contribution is 9.10. The number of nitrogens with one attached hydrogen (secondary N) is 1. The number of hydrogen-bond donors (Lipinski definition) is 3. The summed E-state index contributed by atoms with van der Waals surface area (Å²) in [6, 6.07) is 4.85. The molecule has 0 heterocycles. The van der Waals surface area contributed by atoms with E-state index in [1.165, 1.54) is 0 Å². The Bertz CT molecular complexity index is 422. The van der Waals surface area contributed by atoms with Crippen LogP contribution in [0.4, 0.5) is 5.69 Å². The number of halogens is 1. The summed E-state index contributed by atoms with van der Waals surface area (Å²) in [6.07, 6.45) is 0. The lowest BCUT2D eigenvalue weighted by atomic mass is 10.2. The molecule has 0 saturated heterocycles. The molecule has 1 aromatic rings. The Balaban J connectivity index is 2.83. The van der Waals surface area contributed by atoms with Crippen LogP contribution in [-0.2, 0) is 9.63 Å². The zero-order valence-corrected chi connectivity index (χ0v) is 9.65. The minimum absolute atomic E-state index is 0.202. The van der Waals surface area contributed by atoms with Gasteiger partial charge in [-0.2, -0.15) is 0 Å². The third-order valence-corrected chi connectivity index (χ3v) is 2.30. The van der Waals surface area contributed by atoms with E-state index < -0.39 is 18.5 Å². The molecule has 16 heavy (non-hydrogen) atoms. The normalized spacial score (nSPS) is 9.81. The van der Waals surface area contributed by atoms with Crippen molar-refractivity contribution in [3.8, 4) is 0 Å². The quantitative estimate of drug-likeness (QED) is 0.701. The van der Waals surface area contributed by atoms with E-state index in [4.69, 9.17) is 10.8 Å². The summed E-state index contributed by atoms with van der Waals surface area (Å²) in [6.45, 7) is -0.523. The Labute approximate surface area is 99.5 Å². The van der Waals surface area contributed by atoms with Gasteiger partial charge in [-0.25, -0.2) is 4.79 Å². The van der Waals surface area contributed by atoms with E-state index in [0.717, 1.165) is 0 Å². The fourth-order valence-electron chi connectivity index (χ4n) is 1.04. The Hall–Kier alpha value is -1.60. The highest BCUT2D eigenvalue weighted by Gasteiger charge is 2.12. The first-order chi connectivity index (χ1) is 7.52. The number of benzene rings is 1. The lowest BCUT2D eigenvalue weighted by molar-refractivity contribution is -0.141. The Morgan fingerprint density at radius 2 is 2.19 bits per heavy atom. The molecule has 1 aromatic carbocycles. The molecule has 0 unspecified atom stereocenters. The van der Waals surface area contributed by atoms with Crippen LogP contribution in [0, 0.1) is 0 Å². The first kappa shape index (κ1) is 12.5. The van der Waals surface area contributed by atoms with Crippen molar-refractivity contribution in [2.75, 3.05) is 12.1 Å². The van der Waals surface area contributed by atoms with Crippen LogP contribution in [-0.4, -0.2) is 23.6 Å². The molecule has 7 heteroatoms. The van der Waals surface area contributed by atoms with E-state index >= 15 is 0 Å². The van der Waals surface area contributed by atoms with Crippen molar-refractivity contribution in [2.45, 2.75) is 0 Å². The second kappa shape index (κ2) is 5.47. The highest BCUT2D eigenvalue weighted by atomic mass is 79.9. The molecule has 0 radical (unpaired) electrons. The van der Waals surface area contributed by atoms with Crippen LogP contribution in [0.3, 0.4) is 0 Å².